The summed E-state index contributed by atoms with van der Waals surface area (Å²) in [6.45, 7) is 0.266. The van der Waals surface area contributed by atoms with E-state index in [2.05, 4.69) is 0 Å². The molecular formula is C17H15FN2O3S. The number of fused-ring (bicyclic) bond motifs is 3. The Morgan fingerprint density at radius 2 is 2.08 bits per heavy atom. The Morgan fingerprint density at radius 3 is 2.75 bits per heavy atom. The van der Waals surface area contributed by atoms with Crippen molar-refractivity contribution in [1.29, 1.82) is 5.26 Å². The number of hydrogen-bond acceptors (Lipinski definition) is 5. The zero-order valence-electron chi connectivity index (χ0n) is 12.9. The predicted molar refractivity (Wildman–Crippen MR) is 86.6 cm³/mol. The molecule has 24 heavy (non-hydrogen) atoms. The second-order valence-corrected chi connectivity index (χ2v) is 7.78. The van der Waals surface area contributed by atoms with Crippen LogP contribution in [0.3, 0.4) is 0 Å². The van der Waals surface area contributed by atoms with Crippen LogP contribution >= 0.6 is 0 Å². The number of ether oxygens (including phenoxy) is 1. The van der Waals surface area contributed by atoms with Gasteiger partial charge in [0.15, 0.2) is 9.84 Å². The molecule has 1 unspecified atom stereocenters. The monoisotopic (exact) mass is 346 g/mol. The molecule has 1 atom stereocenters. The minimum atomic E-state index is -3.36. The molecule has 1 heterocycles. The van der Waals surface area contributed by atoms with Gasteiger partial charge in [-0.2, -0.15) is 5.26 Å². The van der Waals surface area contributed by atoms with Gasteiger partial charge in [-0.25, -0.2) is 12.8 Å². The van der Waals surface area contributed by atoms with Crippen molar-refractivity contribution in [1.82, 2.24) is 0 Å². The molecule has 0 aromatic heterocycles. The fourth-order valence-corrected chi connectivity index (χ4v) is 3.33. The number of nitrogens with two attached hydrogens (primary N) is 1. The Hall–Kier alpha value is -2.43. The Bertz CT molecular complexity index is 965. The minimum absolute atomic E-state index is 0.0786. The maximum atomic E-state index is 14.4. The third-order valence-corrected chi connectivity index (χ3v) is 5.05. The van der Waals surface area contributed by atoms with Crippen LogP contribution in [-0.4, -0.2) is 20.7 Å². The topological polar surface area (TPSA) is 93.2 Å². The number of halogens is 1. The van der Waals surface area contributed by atoms with E-state index in [4.69, 9.17) is 15.7 Å². The molecule has 124 valence electrons. The molecule has 0 spiro atoms. The standard InChI is InChI=1S/C17H15FN2O3S/c1-24(21,22)13-3-2-10-9-23-17-5-11(4-12(20)8-19)16(18)7-15(17)14(10)6-13/h2-3,5-7,12H,4,9,20H2,1H3. The van der Waals surface area contributed by atoms with Gasteiger partial charge in [-0.15, -0.1) is 0 Å². The van der Waals surface area contributed by atoms with Crippen LogP contribution in [0.2, 0.25) is 0 Å². The van der Waals surface area contributed by atoms with Gasteiger partial charge >= 0.3 is 0 Å². The van der Waals surface area contributed by atoms with E-state index in [1.165, 1.54) is 24.3 Å². The second kappa shape index (κ2) is 5.89. The van der Waals surface area contributed by atoms with Crippen molar-refractivity contribution < 1.29 is 17.5 Å². The summed E-state index contributed by atoms with van der Waals surface area (Å²) in [6.07, 6.45) is 1.21. The van der Waals surface area contributed by atoms with Gasteiger partial charge in [0.2, 0.25) is 0 Å². The van der Waals surface area contributed by atoms with Gasteiger partial charge in [0.1, 0.15) is 18.2 Å². The van der Waals surface area contributed by atoms with Gasteiger partial charge in [-0.3, -0.25) is 0 Å². The second-order valence-electron chi connectivity index (χ2n) is 5.76. The maximum Gasteiger partial charge on any atom is 0.175 e. The summed E-state index contributed by atoms with van der Waals surface area (Å²) in [5.41, 5.74) is 7.77. The van der Waals surface area contributed by atoms with Crippen molar-refractivity contribution in [2.75, 3.05) is 6.26 Å². The van der Waals surface area contributed by atoms with E-state index in [-0.39, 0.29) is 17.9 Å². The van der Waals surface area contributed by atoms with Crippen molar-refractivity contribution in [3.05, 3.63) is 47.3 Å². The smallest absolute Gasteiger partial charge is 0.175 e. The van der Waals surface area contributed by atoms with Crippen LogP contribution in [0.15, 0.2) is 35.2 Å². The summed E-state index contributed by atoms with van der Waals surface area (Å²) in [6, 6.07) is 8.61. The van der Waals surface area contributed by atoms with Crippen LogP contribution in [0.25, 0.3) is 11.1 Å². The van der Waals surface area contributed by atoms with Gasteiger partial charge in [0.25, 0.3) is 0 Å². The Balaban J connectivity index is 2.12. The van der Waals surface area contributed by atoms with Gasteiger partial charge in [-0.05, 0) is 41.0 Å². The zero-order valence-corrected chi connectivity index (χ0v) is 13.7. The quantitative estimate of drug-likeness (QED) is 0.919. The summed E-state index contributed by atoms with van der Waals surface area (Å²) in [5, 5.41) is 8.78. The highest BCUT2D eigenvalue weighted by atomic mass is 32.2. The first-order valence-electron chi connectivity index (χ1n) is 7.23. The van der Waals surface area contributed by atoms with Crippen LogP contribution < -0.4 is 10.5 Å². The number of benzene rings is 2. The normalized spacial score (nSPS) is 14.1. The summed E-state index contributed by atoms with van der Waals surface area (Å²) < 4.78 is 43.5. The van der Waals surface area contributed by atoms with Crippen LogP contribution in [0.1, 0.15) is 11.1 Å². The van der Waals surface area contributed by atoms with Crippen LogP contribution in [-0.2, 0) is 22.9 Å². The third-order valence-electron chi connectivity index (χ3n) is 3.94. The molecule has 0 amide bonds. The van der Waals surface area contributed by atoms with Gasteiger partial charge in [0.05, 0.1) is 17.0 Å². The third kappa shape index (κ3) is 2.98. The molecule has 5 nitrogen and oxygen atoms in total. The first-order valence-corrected chi connectivity index (χ1v) is 9.12. The van der Waals surface area contributed by atoms with Crippen molar-refractivity contribution in [3.63, 3.8) is 0 Å². The van der Waals surface area contributed by atoms with E-state index in [0.717, 1.165) is 11.8 Å². The first kappa shape index (κ1) is 16.4. The van der Waals surface area contributed by atoms with Gasteiger partial charge < -0.3 is 10.5 Å². The zero-order chi connectivity index (χ0) is 17.5. The average Bonchev–Trinajstić information content (AvgIpc) is 2.54. The highest BCUT2D eigenvalue weighted by molar-refractivity contribution is 7.90. The minimum Gasteiger partial charge on any atom is -0.488 e. The number of nitriles is 1. The Morgan fingerprint density at radius 1 is 1.33 bits per heavy atom. The van der Waals surface area contributed by atoms with Crippen LogP contribution in [0.5, 0.6) is 5.75 Å². The van der Waals surface area contributed by atoms with E-state index in [0.29, 0.717) is 22.4 Å². The highest BCUT2D eigenvalue weighted by Crippen LogP contribution is 2.40. The lowest BCUT2D eigenvalue weighted by atomic mass is 9.94. The molecule has 0 saturated heterocycles. The van der Waals surface area contributed by atoms with E-state index in [1.807, 2.05) is 6.07 Å². The lowest BCUT2D eigenvalue weighted by Crippen LogP contribution is -2.21. The first-order chi connectivity index (χ1) is 11.3. The van der Waals surface area contributed by atoms with E-state index in [9.17, 15) is 12.8 Å². The van der Waals surface area contributed by atoms with Crippen molar-refractivity contribution in [3.8, 4) is 22.9 Å². The Kier molecular flexibility index (Phi) is 4.03. The van der Waals surface area contributed by atoms with Crippen molar-refractivity contribution in [2.24, 2.45) is 5.73 Å². The fraction of sp³-hybridized carbons (Fsp3) is 0.235. The average molecular weight is 346 g/mol. The van der Waals surface area contributed by atoms with E-state index < -0.39 is 21.7 Å². The molecule has 0 radical (unpaired) electrons. The number of rotatable bonds is 3. The van der Waals surface area contributed by atoms with Gasteiger partial charge in [-0.1, -0.05) is 6.07 Å². The molecule has 3 rings (SSSR count). The molecule has 0 saturated carbocycles. The van der Waals surface area contributed by atoms with Crippen molar-refractivity contribution in [2.45, 2.75) is 24.0 Å². The lowest BCUT2D eigenvalue weighted by molar-refractivity contribution is 0.301. The maximum absolute atomic E-state index is 14.4. The lowest BCUT2D eigenvalue weighted by Gasteiger charge is -2.22. The number of hydrogen-bond donors (Lipinski definition) is 1. The Labute approximate surface area is 139 Å². The molecule has 2 N–H and O–H groups in total. The summed E-state index contributed by atoms with van der Waals surface area (Å²) in [5.74, 6) is -0.0460. The highest BCUT2D eigenvalue weighted by Gasteiger charge is 2.22. The molecule has 2 aromatic carbocycles. The summed E-state index contributed by atoms with van der Waals surface area (Å²) in [4.78, 5) is 0.171. The molecular weight excluding hydrogens is 331 g/mol. The van der Waals surface area contributed by atoms with E-state index >= 15 is 0 Å². The molecule has 2 aromatic rings. The largest absolute Gasteiger partial charge is 0.488 e. The summed E-state index contributed by atoms with van der Waals surface area (Å²) >= 11 is 0. The molecule has 7 heteroatoms. The summed E-state index contributed by atoms with van der Waals surface area (Å²) in [7, 11) is -3.36. The SMILES string of the molecule is CS(=O)(=O)c1ccc2c(c1)-c1cc(F)c(CC(N)C#N)cc1OC2. The van der Waals surface area contributed by atoms with Crippen molar-refractivity contribution >= 4 is 9.84 Å². The van der Waals surface area contributed by atoms with Crippen LogP contribution in [0, 0.1) is 17.1 Å². The van der Waals surface area contributed by atoms with E-state index in [1.54, 1.807) is 6.07 Å². The molecule has 0 fully saturated rings. The predicted octanol–water partition coefficient (Wildman–Crippen LogP) is 2.18. The van der Waals surface area contributed by atoms with Crippen LogP contribution in [0.4, 0.5) is 4.39 Å². The number of sulfone groups is 1. The number of nitrogens with zero attached hydrogens (tertiary/aromatic N) is 1. The fourth-order valence-electron chi connectivity index (χ4n) is 2.68. The molecule has 0 bridgehead atoms. The molecule has 0 aliphatic carbocycles. The van der Waals surface area contributed by atoms with Gasteiger partial charge in [0, 0.05) is 18.2 Å². The molecule has 1 aliphatic rings. The molecule has 1 aliphatic heterocycles.